The van der Waals surface area contributed by atoms with E-state index in [1.165, 1.54) is 0 Å². The molecule has 0 atom stereocenters. The molecule has 2 nitrogen and oxygen atoms in total. The highest BCUT2D eigenvalue weighted by Gasteiger charge is 2.64. The Morgan fingerprint density at radius 3 is 1.44 bits per heavy atom. The van der Waals surface area contributed by atoms with Crippen LogP contribution in [0.5, 0.6) is 0 Å². The molecule has 0 aromatic carbocycles. The van der Waals surface area contributed by atoms with E-state index in [1.807, 2.05) is 0 Å². The van der Waals surface area contributed by atoms with Crippen LogP contribution in [0, 0.1) is 0 Å². The van der Waals surface area contributed by atoms with Crippen molar-refractivity contribution in [1.82, 2.24) is 0 Å². The number of nitrogens with zero attached hydrogens (tertiary/aromatic N) is 1. The van der Waals surface area contributed by atoms with Crippen LogP contribution >= 0.6 is 10.4 Å². The molecule has 0 aliphatic rings. The molecule has 0 spiro atoms. The third-order valence-electron chi connectivity index (χ3n) is 0.210. The molecule has 0 saturated carbocycles. The lowest BCUT2D eigenvalue weighted by Crippen LogP contribution is -1.98. The van der Waals surface area contributed by atoms with Crippen LogP contribution in [0.3, 0.4) is 0 Å². The summed E-state index contributed by atoms with van der Waals surface area (Å²) in [6.07, 6.45) is -0.259. The van der Waals surface area contributed by atoms with Crippen LogP contribution in [-0.2, 0) is 4.79 Å². The number of rotatable bonds is 1. The van der Waals surface area contributed by atoms with Gasteiger partial charge >= 0.3 is 10.4 Å². The van der Waals surface area contributed by atoms with E-state index in [4.69, 9.17) is 4.79 Å². The van der Waals surface area contributed by atoms with Crippen LogP contribution in [-0.4, -0.2) is 6.08 Å². The van der Waals surface area contributed by atoms with E-state index < -0.39 is 10.4 Å². The minimum atomic E-state index is -9.83. The average molecular weight is 169 g/mol. The van der Waals surface area contributed by atoms with Crippen molar-refractivity contribution >= 4 is 16.5 Å². The maximum atomic E-state index is 10.8. The zero-order valence-corrected chi connectivity index (χ0v) is 4.47. The Labute approximate surface area is 46.2 Å². The molecule has 0 fully saturated rings. The number of isocyanates is 1. The quantitative estimate of drug-likeness (QED) is 0.337. The summed E-state index contributed by atoms with van der Waals surface area (Å²) in [6.45, 7) is 0. The van der Waals surface area contributed by atoms with Crippen LogP contribution in [0.15, 0.2) is 4.40 Å². The molecule has 9 heavy (non-hydrogen) atoms. The monoisotopic (exact) mass is 169 g/mol. The Morgan fingerprint density at radius 1 is 1.11 bits per heavy atom. The predicted molar refractivity (Wildman–Crippen MR) is 21.3 cm³/mol. The highest BCUT2D eigenvalue weighted by Crippen LogP contribution is 2.98. The molecule has 0 heterocycles. The summed E-state index contributed by atoms with van der Waals surface area (Å²) in [4.78, 5) is 8.77. The van der Waals surface area contributed by atoms with Gasteiger partial charge in [0.25, 0.3) is 6.08 Å². The van der Waals surface area contributed by atoms with E-state index in [0.29, 0.717) is 4.40 Å². The van der Waals surface area contributed by atoms with Crippen molar-refractivity contribution in [2.45, 2.75) is 0 Å². The SMILES string of the molecule is O=C=NS(F)(F)(F)(F)F. The summed E-state index contributed by atoms with van der Waals surface area (Å²) in [5.74, 6) is 0. The van der Waals surface area contributed by atoms with Gasteiger partial charge in [0.05, 0.1) is 0 Å². The van der Waals surface area contributed by atoms with Gasteiger partial charge in [0.2, 0.25) is 0 Å². The van der Waals surface area contributed by atoms with Gasteiger partial charge in [0.1, 0.15) is 0 Å². The maximum absolute atomic E-state index is 10.8. The zero-order valence-electron chi connectivity index (χ0n) is 3.65. The molecule has 0 aromatic rings. The van der Waals surface area contributed by atoms with Gasteiger partial charge in [0, 0.05) is 0 Å². The van der Waals surface area contributed by atoms with E-state index in [9.17, 15) is 19.4 Å². The molecule has 0 radical (unpaired) electrons. The summed E-state index contributed by atoms with van der Waals surface area (Å²) >= 11 is 0. The molecule has 0 rings (SSSR count). The molecule has 8 heteroatoms. The van der Waals surface area contributed by atoms with Gasteiger partial charge in [-0.25, -0.2) is 4.79 Å². The Kier molecular flexibility index (Phi) is 1.04. The van der Waals surface area contributed by atoms with Gasteiger partial charge in [-0.2, -0.15) is 0 Å². The van der Waals surface area contributed by atoms with Crippen molar-refractivity contribution in [3.63, 3.8) is 0 Å². The predicted octanol–water partition coefficient (Wildman–Crippen LogP) is 2.54. The van der Waals surface area contributed by atoms with Crippen LogP contribution < -0.4 is 0 Å². The van der Waals surface area contributed by atoms with E-state index >= 15 is 0 Å². The Bertz CT molecular complexity index is 170. The molecule has 0 aliphatic heterocycles. The molecule has 0 aromatic heterocycles. The molecular weight excluding hydrogens is 169 g/mol. The third kappa shape index (κ3) is 7.38. The second kappa shape index (κ2) is 1.12. The van der Waals surface area contributed by atoms with Crippen molar-refractivity contribution in [3.8, 4) is 0 Å². The highest BCUT2D eigenvalue weighted by atomic mass is 32.5. The second-order valence-corrected chi connectivity index (χ2v) is 3.15. The molecule has 0 aliphatic carbocycles. The first kappa shape index (κ1) is 8.38. The van der Waals surface area contributed by atoms with Crippen molar-refractivity contribution in [3.05, 3.63) is 0 Å². The third-order valence-corrected chi connectivity index (χ3v) is 0.629. The first-order valence-electron chi connectivity index (χ1n) is 1.38. The van der Waals surface area contributed by atoms with Crippen LogP contribution in [0.1, 0.15) is 0 Å². The standard InChI is InChI=1S/CF5NOS/c2-9(3,4,5,6)7-1-8. The molecule has 0 N–H and O–H groups in total. The number of hydrogen-bond donors (Lipinski definition) is 0. The lowest BCUT2D eigenvalue weighted by molar-refractivity contribution is 0.366. The van der Waals surface area contributed by atoms with Gasteiger partial charge in [-0.3, -0.25) is 0 Å². The number of carbonyl (C=O) groups excluding carboxylic acids is 1. The first-order chi connectivity index (χ1) is 3.54. The average Bonchev–Trinajstić information content (AvgIpc) is 1.22. The fourth-order valence-corrected chi connectivity index (χ4v) is 0.211. The van der Waals surface area contributed by atoms with Crippen LogP contribution in [0.25, 0.3) is 0 Å². The van der Waals surface area contributed by atoms with Crippen molar-refractivity contribution in [2.75, 3.05) is 0 Å². The minimum Gasteiger partial charge on any atom is -0.210 e. The lowest BCUT2D eigenvalue weighted by Gasteiger charge is -2.32. The summed E-state index contributed by atoms with van der Waals surface area (Å²) in [5, 5.41) is 0. The topological polar surface area (TPSA) is 29.4 Å². The van der Waals surface area contributed by atoms with E-state index in [0.717, 1.165) is 0 Å². The van der Waals surface area contributed by atoms with E-state index in [2.05, 4.69) is 0 Å². The van der Waals surface area contributed by atoms with Gasteiger partial charge in [-0.15, -0.1) is 0 Å². The molecule has 0 bridgehead atoms. The van der Waals surface area contributed by atoms with Crippen LogP contribution in [0.2, 0.25) is 0 Å². The van der Waals surface area contributed by atoms with Crippen molar-refractivity contribution in [2.24, 2.45) is 4.40 Å². The second-order valence-electron chi connectivity index (χ2n) is 1.11. The van der Waals surface area contributed by atoms with Gasteiger partial charge in [-0.1, -0.05) is 19.4 Å². The summed E-state index contributed by atoms with van der Waals surface area (Å²) in [6, 6.07) is 0. The van der Waals surface area contributed by atoms with E-state index in [1.54, 1.807) is 0 Å². The minimum absolute atomic E-state index is 0.259. The molecule has 0 unspecified atom stereocenters. The van der Waals surface area contributed by atoms with E-state index in [-0.39, 0.29) is 6.08 Å². The molecule has 0 amide bonds. The smallest absolute Gasteiger partial charge is 0.210 e. The van der Waals surface area contributed by atoms with Gasteiger partial charge in [-0.05, 0) is 4.40 Å². The summed E-state index contributed by atoms with van der Waals surface area (Å²) in [5.41, 5.74) is 0. The Morgan fingerprint density at radius 2 is 1.44 bits per heavy atom. The molecule has 56 valence electrons. The normalized spacial score (nSPS) is 19.2. The Hall–Kier alpha value is -0.620. The number of hydrogen-bond acceptors (Lipinski definition) is 2. The van der Waals surface area contributed by atoms with Crippen molar-refractivity contribution in [1.29, 1.82) is 0 Å². The molecular formula is CF5NOS. The zero-order chi connectivity index (χ0) is 7.82. The first-order valence-corrected chi connectivity index (χ1v) is 3.29. The Balaban J connectivity index is 4.99. The largest absolute Gasteiger partial charge is 0.391 e. The summed E-state index contributed by atoms with van der Waals surface area (Å²) in [7, 11) is -9.83. The fraction of sp³-hybridized carbons (Fsp3) is 0. The maximum Gasteiger partial charge on any atom is 0.391 e. The van der Waals surface area contributed by atoms with Gasteiger partial charge in [0.15, 0.2) is 0 Å². The van der Waals surface area contributed by atoms with Gasteiger partial charge < -0.3 is 0 Å². The lowest BCUT2D eigenvalue weighted by atomic mass is 11.7. The number of halogens is 5. The van der Waals surface area contributed by atoms with Crippen molar-refractivity contribution < 1.29 is 24.2 Å². The molecule has 0 saturated heterocycles. The highest BCUT2D eigenvalue weighted by molar-refractivity contribution is 8.44. The summed E-state index contributed by atoms with van der Waals surface area (Å²) < 4.78 is 54.4. The van der Waals surface area contributed by atoms with Crippen LogP contribution in [0.4, 0.5) is 19.4 Å². The fourth-order valence-electron chi connectivity index (χ4n) is 0.0704.